The molecule has 2 aromatic rings. The summed E-state index contributed by atoms with van der Waals surface area (Å²) < 4.78 is 0. The van der Waals surface area contributed by atoms with Gasteiger partial charge in [0.05, 0.1) is 17.1 Å². The Balaban J connectivity index is 1.63. The number of amides is 3. The zero-order chi connectivity index (χ0) is 20.5. The molecule has 0 aliphatic rings. The smallest absolute Gasteiger partial charge is 0.253 e. The van der Waals surface area contributed by atoms with Crippen molar-refractivity contribution in [3.8, 4) is 5.75 Å². The number of carbonyl (C=O) groups excluding carboxylic acids is 3. The highest BCUT2D eigenvalue weighted by Gasteiger charge is 2.12. The van der Waals surface area contributed by atoms with E-state index >= 15 is 0 Å². The Morgan fingerprint density at radius 2 is 1.64 bits per heavy atom. The van der Waals surface area contributed by atoms with Crippen molar-refractivity contribution in [3.05, 3.63) is 63.6 Å². The standard InChI is InChI=1S/C19H19Cl2N3O4/c20-13-5-6-15(16(21)10-13)19(28)24-11-17(26)22-7-2-8-23-18(27)12-3-1-4-14(25)9-12/h1,3-6,9-10,25H,2,7-8,11H2,(H,22,26)(H,23,27)(H,24,28). The Hall–Kier alpha value is -2.77. The molecular weight excluding hydrogens is 405 g/mol. The summed E-state index contributed by atoms with van der Waals surface area (Å²) in [6, 6.07) is 10.5. The topological polar surface area (TPSA) is 108 Å². The van der Waals surface area contributed by atoms with E-state index in [1.54, 1.807) is 12.1 Å². The van der Waals surface area contributed by atoms with Crippen molar-refractivity contribution in [1.29, 1.82) is 0 Å². The van der Waals surface area contributed by atoms with Crippen LogP contribution in [-0.4, -0.2) is 42.5 Å². The molecule has 0 saturated carbocycles. The first-order valence-corrected chi connectivity index (χ1v) is 9.19. The molecule has 28 heavy (non-hydrogen) atoms. The van der Waals surface area contributed by atoms with Crippen LogP contribution in [-0.2, 0) is 4.79 Å². The minimum atomic E-state index is -0.477. The maximum absolute atomic E-state index is 12.0. The van der Waals surface area contributed by atoms with Crippen molar-refractivity contribution in [3.63, 3.8) is 0 Å². The molecule has 0 aliphatic carbocycles. The Bertz CT molecular complexity index is 874. The molecule has 0 atom stereocenters. The summed E-state index contributed by atoms with van der Waals surface area (Å²) in [5.41, 5.74) is 0.584. The molecule has 0 radical (unpaired) electrons. The zero-order valence-corrected chi connectivity index (χ0v) is 16.3. The van der Waals surface area contributed by atoms with Gasteiger partial charge in [-0.1, -0.05) is 29.3 Å². The van der Waals surface area contributed by atoms with Crippen LogP contribution < -0.4 is 16.0 Å². The third kappa shape index (κ3) is 6.75. The second kappa shape index (κ2) is 10.5. The number of halogens is 2. The van der Waals surface area contributed by atoms with E-state index < -0.39 is 5.91 Å². The van der Waals surface area contributed by atoms with Gasteiger partial charge in [-0.25, -0.2) is 0 Å². The number of rotatable bonds is 8. The monoisotopic (exact) mass is 423 g/mol. The van der Waals surface area contributed by atoms with Gasteiger partial charge >= 0.3 is 0 Å². The number of hydrogen-bond donors (Lipinski definition) is 4. The molecule has 0 spiro atoms. The Morgan fingerprint density at radius 3 is 2.36 bits per heavy atom. The van der Waals surface area contributed by atoms with Crippen LogP contribution >= 0.6 is 23.2 Å². The average molecular weight is 424 g/mol. The van der Waals surface area contributed by atoms with Gasteiger partial charge in [0.25, 0.3) is 11.8 Å². The predicted octanol–water partition coefficient (Wildman–Crippen LogP) is 2.37. The number of carbonyl (C=O) groups is 3. The van der Waals surface area contributed by atoms with Crippen LogP contribution in [0.25, 0.3) is 0 Å². The summed E-state index contributed by atoms with van der Waals surface area (Å²) in [5.74, 6) is -1.14. The normalized spacial score (nSPS) is 10.2. The van der Waals surface area contributed by atoms with E-state index in [-0.39, 0.29) is 34.7 Å². The lowest BCUT2D eigenvalue weighted by molar-refractivity contribution is -0.120. The molecule has 0 aliphatic heterocycles. The highest BCUT2D eigenvalue weighted by atomic mass is 35.5. The van der Waals surface area contributed by atoms with Crippen LogP contribution in [0.15, 0.2) is 42.5 Å². The van der Waals surface area contributed by atoms with Crippen LogP contribution in [0.4, 0.5) is 0 Å². The van der Waals surface area contributed by atoms with Crippen molar-refractivity contribution in [1.82, 2.24) is 16.0 Å². The van der Waals surface area contributed by atoms with Crippen molar-refractivity contribution in [2.45, 2.75) is 6.42 Å². The van der Waals surface area contributed by atoms with Crippen LogP contribution in [0.1, 0.15) is 27.1 Å². The fraction of sp³-hybridized carbons (Fsp3) is 0.211. The lowest BCUT2D eigenvalue weighted by atomic mass is 10.2. The molecule has 148 valence electrons. The average Bonchev–Trinajstić information content (AvgIpc) is 2.65. The number of nitrogens with one attached hydrogen (secondary N) is 3. The van der Waals surface area contributed by atoms with Gasteiger partial charge in [0, 0.05) is 23.7 Å². The molecule has 2 rings (SSSR count). The number of hydrogen-bond acceptors (Lipinski definition) is 4. The van der Waals surface area contributed by atoms with E-state index in [2.05, 4.69) is 16.0 Å². The van der Waals surface area contributed by atoms with Crippen molar-refractivity contribution < 1.29 is 19.5 Å². The number of phenolic OH excluding ortho intramolecular Hbond substituents is 1. The highest BCUT2D eigenvalue weighted by Crippen LogP contribution is 2.20. The van der Waals surface area contributed by atoms with Gasteiger partial charge in [0.2, 0.25) is 5.91 Å². The second-order valence-electron chi connectivity index (χ2n) is 5.82. The minimum Gasteiger partial charge on any atom is -0.508 e. The van der Waals surface area contributed by atoms with E-state index in [4.69, 9.17) is 23.2 Å². The lowest BCUT2D eigenvalue weighted by Gasteiger charge is -2.09. The molecule has 9 heteroatoms. The van der Waals surface area contributed by atoms with E-state index in [0.717, 1.165) is 0 Å². The Labute approximate surface area is 172 Å². The highest BCUT2D eigenvalue weighted by molar-refractivity contribution is 6.36. The third-order valence-electron chi connectivity index (χ3n) is 3.65. The van der Waals surface area contributed by atoms with Gasteiger partial charge in [0.1, 0.15) is 5.75 Å². The van der Waals surface area contributed by atoms with Crippen molar-refractivity contribution in [2.24, 2.45) is 0 Å². The molecule has 0 aromatic heterocycles. The molecule has 4 N–H and O–H groups in total. The lowest BCUT2D eigenvalue weighted by Crippen LogP contribution is -2.38. The third-order valence-corrected chi connectivity index (χ3v) is 4.20. The summed E-state index contributed by atoms with van der Waals surface area (Å²) >= 11 is 11.7. The predicted molar refractivity (Wildman–Crippen MR) is 107 cm³/mol. The fourth-order valence-corrected chi connectivity index (χ4v) is 2.75. The molecule has 0 heterocycles. The SMILES string of the molecule is O=C(CNC(=O)c1ccc(Cl)cc1Cl)NCCCNC(=O)c1cccc(O)c1. The first kappa shape index (κ1) is 21.5. The zero-order valence-electron chi connectivity index (χ0n) is 14.8. The number of aromatic hydroxyl groups is 1. The van der Waals surface area contributed by atoms with Gasteiger partial charge in [-0.2, -0.15) is 0 Å². The maximum Gasteiger partial charge on any atom is 0.253 e. The number of benzene rings is 2. The fourth-order valence-electron chi connectivity index (χ4n) is 2.26. The van der Waals surface area contributed by atoms with E-state index in [0.29, 0.717) is 30.1 Å². The first-order chi connectivity index (χ1) is 13.4. The molecule has 0 bridgehead atoms. The molecule has 3 amide bonds. The Morgan fingerprint density at radius 1 is 0.893 bits per heavy atom. The van der Waals surface area contributed by atoms with Gasteiger partial charge in [-0.3, -0.25) is 14.4 Å². The van der Waals surface area contributed by atoms with Crippen molar-refractivity contribution >= 4 is 40.9 Å². The van der Waals surface area contributed by atoms with Crippen LogP contribution in [0, 0.1) is 0 Å². The van der Waals surface area contributed by atoms with Gasteiger partial charge in [-0.05, 0) is 42.8 Å². The molecule has 2 aromatic carbocycles. The molecule has 0 unspecified atom stereocenters. The van der Waals surface area contributed by atoms with Gasteiger partial charge in [0.15, 0.2) is 0 Å². The molecule has 7 nitrogen and oxygen atoms in total. The molecular formula is C19H19Cl2N3O4. The molecule has 0 fully saturated rings. The maximum atomic E-state index is 12.0. The largest absolute Gasteiger partial charge is 0.508 e. The number of phenols is 1. The second-order valence-corrected chi connectivity index (χ2v) is 6.66. The summed E-state index contributed by atoms with van der Waals surface area (Å²) in [6.07, 6.45) is 0.507. The van der Waals surface area contributed by atoms with Gasteiger partial charge < -0.3 is 21.1 Å². The van der Waals surface area contributed by atoms with E-state index in [1.807, 2.05) is 0 Å². The minimum absolute atomic E-state index is 0.0156. The van der Waals surface area contributed by atoms with Crippen molar-refractivity contribution in [2.75, 3.05) is 19.6 Å². The summed E-state index contributed by atoms with van der Waals surface area (Å²) in [4.78, 5) is 35.7. The van der Waals surface area contributed by atoms with Crippen LogP contribution in [0.3, 0.4) is 0 Å². The quantitative estimate of drug-likeness (QED) is 0.488. The van der Waals surface area contributed by atoms with Gasteiger partial charge in [-0.15, -0.1) is 0 Å². The molecule has 0 saturated heterocycles. The van der Waals surface area contributed by atoms with E-state index in [9.17, 15) is 19.5 Å². The van der Waals surface area contributed by atoms with Crippen LogP contribution in [0.2, 0.25) is 10.0 Å². The summed E-state index contributed by atoms with van der Waals surface area (Å²) in [5, 5.41) is 17.8. The first-order valence-electron chi connectivity index (χ1n) is 8.44. The Kier molecular flexibility index (Phi) is 8.10. The summed E-state index contributed by atoms with van der Waals surface area (Å²) in [7, 11) is 0. The van der Waals surface area contributed by atoms with Crippen LogP contribution in [0.5, 0.6) is 5.75 Å². The summed E-state index contributed by atoms with van der Waals surface area (Å²) in [6.45, 7) is 0.478. The van der Waals surface area contributed by atoms with E-state index in [1.165, 1.54) is 30.3 Å².